The summed E-state index contributed by atoms with van der Waals surface area (Å²) in [6, 6.07) is 10.4. The highest BCUT2D eigenvalue weighted by Crippen LogP contribution is 2.41. The third-order valence-electron chi connectivity index (χ3n) is 5.93. The van der Waals surface area contributed by atoms with Gasteiger partial charge in [-0.2, -0.15) is 10.5 Å². The highest BCUT2D eigenvalue weighted by Gasteiger charge is 2.44. The molecule has 1 aliphatic heterocycles. The van der Waals surface area contributed by atoms with Crippen LogP contribution in [0.4, 0.5) is 0 Å². The van der Waals surface area contributed by atoms with Gasteiger partial charge in [-0.25, -0.2) is 0 Å². The molecule has 2 amide bonds. The summed E-state index contributed by atoms with van der Waals surface area (Å²) in [6.45, 7) is 5.37. The van der Waals surface area contributed by atoms with Gasteiger partial charge in [-0.1, -0.05) is 43.8 Å². The minimum Gasteiger partial charge on any atom is -0.349 e. The van der Waals surface area contributed by atoms with Crippen LogP contribution in [0.2, 0.25) is 0 Å². The van der Waals surface area contributed by atoms with Crippen LogP contribution in [0.25, 0.3) is 0 Å². The molecule has 2 aliphatic rings. The quantitative estimate of drug-likeness (QED) is 0.755. The lowest BCUT2D eigenvalue weighted by atomic mass is 9.72. The number of thioether (sulfide) groups is 1. The number of rotatable bonds is 5. The molecule has 30 heavy (non-hydrogen) atoms. The molecule has 1 aromatic rings. The molecule has 0 unspecified atom stereocenters. The van der Waals surface area contributed by atoms with Crippen molar-refractivity contribution >= 4 is 23.6 Å². The predicted molar refractivity (Wildman–Crippen MR) is 116 cm³/mol. The molecular weight excluding hydrogens is 396 g/mol. The lowest BCUT2D eigenvalue weighted by molar-refractivity contribution is -0.125. The summed E-state index contributed by atoms with van der Waals surface area (Å²) < 4.78 is 0. The number of nitriles is 2. The first-order valence-corrected chi connectivity index (χ1v) is 11.2. The monoisotopic (exact) mass is 422 g/mol. The number of aryl methyl sites for hydroxylation is 2. The number of carbonyl (C=O) groups is 2. The van der Waals surface area contributed by atoms with Crippen LogP contribution in [0.15, 0.2) is 28.8 Å². The van der Waals surface area contributed by atoms with Crippen LogP contribution in [0.1, 0.15) is 56.3 Å². The number of allylic oxidation sites excluding steroid dienone is 1. The highest BCUT2D eigenvalue weighted by atomic mass is 32.2. The van der Waals surface area contributed by atoms with E-state index >= 15 is 0 Å². The first kappa shape index (κ1) is 21.9. The van der Waals surface area contributed by atoms with Crippen molar-refractivity contribution < 1.29 is 9.59 Å². The van der Waals surface area contributed by atoms with Crippen molar-refractivity contribution in [2.75, 3.05) is 5.75 Å². The molecule has 0 aromatic heterocycles. The van der Waals surface area contributed by atoms with Crippen LogP contribution in [0.5, 0.6) is 0 Å². The van der Waals surface area contributed by atoms with Crippen LogP contribution in [0, 0.1) is 34.0 Å². The van der Waals surface area contributed by atoms with Crippen molar-refractivity contribution in [3.05, 3.63) is 45.5 Å². The van der Waals surface area contributed by atoms with Crippen LogP contribution >= 0.6 is 11.8 Å². The van der Waals surface area contributed by atoms with Gasteiger partial charge in [0, 0.05) is 5.41 Å². The number of hydrogen-bond donors (Lipinski definition) is 2. The van der Waals surface area contributed by atoms with Crippen LogP contribution in [-0.4, -0.2) is 17.6 Å². The molecule has 0 radical (unpaired) electrons. The fourth-order valence-corrected chi connectivity index (χ4v) is 5.05. The summed E-state index contributed by atoms with van der Waals surface area (Å²) in [5.74, 6) is -1.48. The van der Waals surface area contributed by atoms with E-state index in [1.807, 2.05) is 13.0 Å². The average Bonchev–Trinajstić information content (AvgIpc) is 2.71. The lowest BCUT2D eigenvalue weighted by Crippen LogP contribution is -2.44. The number of hydrogen-bond acceptors (Lipinski definition) is 5. The van der Waals surface area contributed by atoms with E-state index in [2.05, 4.69) is 34.9 Å². The maximum absolute atomic E-state index is 12.5. The zero-order valence-electron chi connectivity index (χ0n) is 17.5. The average molecular weight is 423 g/mol. The normalized spacial score (nSPS) is 21.0. The molecule has 2 N–H and O–H groups in total. The van der Waals surface area contributed by atoms with E-state index in [1.54, 1.807) is 13.8 Å². The highest BCUT2D eigenvalue weighted by molar-refractivity contribution is 8.03. The first-order valence-electron chi connectivity index (χ1n) is 10.2. The second kappa shape index (κ2) is 8.93. The number of nitrogens with zero attached hydrogens (tertiary/aromatic N) is 2. The molecule has 156 valence electrons. The third kappa shape index (κ3) is 4.37. The first-order chi connectivity index (χ1) is 14.3. The van der Waals surface area contributed by atoms with Gasteiger partial charge in [0.05, 0.1) is 34.5 Å². The van der Waals surface area contributed by atoms with E-state index in [1.165, 1.54) is 24.0 Å². The Morgan fingerprint density at radius 3 is 2.67 bits per heavy atom. The van der Waals surface area contributed by atoms with E-state index in [0.29, 0.717) is 10.6 Å². The van der Waals surface area contributed by atoms with Crippen molar-refractivity contribution in [2.24, 2.45) is 11.3 Å². The molecule has 1 aromatic carbocycles. The maximum Gasteiger partial charge on any atom is 0.243 e. The molecule has 0 saturated carbocycles. The van der Waals surface area contributed by atoms with Crippen molar-refractivity contribution in [3.8, 4) is 12.1 Å². The zero-order chi connectivity index (χ0) is 21.9. The second-order valence-corrected chi connectivity index (χ2v) is 9.39. The molecule has 0 bridgehead atoms. The number of amides is 2. The summed E-state index contributed by atoms with van der Waals surface area (Å²) in [5.41, 5.74) is 3.28. The molecule has 0 spiro atoms. The standard InChI is InChI=1S/C23H26N4O2S/c1-14(16-9-8-15-6-4-5-7-17(15)10-16)26-20(28)13-30-22-19(12-25)23(2,3)18(11-24)21(29)27-22/h8-10,14,18H,4-7,13H2,1-3H3,(H,26,28)(H,27,29)/t14-,18+/m0/s1. The van der Waals surface area contributed by atoms with Gasteiger partial charge < -0.3 is 10.6 Å². The molecular formula is C23H26N4O2S. The Labute approximate surface area is 181 Å². The molecule has 6 nitrogen and oxygen atoms in total. The Morgan fingerprint density at radius 1 is 1.30 bits per heavy atom. The van der Waals surface area contributed by atoms with E-state index in [9.17, 15) is 20.1 Å². The molecule has 1 aliphatic carbocycles. The fourth-order valence-electron chi connectivity index (χ4n) is 4.06. The van der Waals surface area contributed by atoms with Gasteiger partial charge in [0.1, 0.15) is 5.92 Å². The van der Waals surface area contributed by atoms with E-state index in [0.717, 1.165) is 30.2 Å². The summed E-state index contributed by atoms with van der Waals surface area (Å²) in [4.78, 5) is 24.8. The molecule has 0 saturated heterocycles. The van der Waals surface area contributed by atoms with Gasteiger partial charge >= 0.3 is 0 Å². The maximum atomic E-state index is 12.5. The molecule has 1 heterocycles. The third-order valence-corrected chi connectivity index (χ3v) is 6.93. The van der Waals surface area contributed by atoms with Crippen molar-refractivity contribution in [1.29, 1.82) is 10.5 Å². The van der Waals surface area contributed by atoms with Gasteiger partial charge in [0.25, 0.3) is 0 Å². The topological polar surface area (TPSA) is 106 Å². The molecule has 3 rings (SSSR count). The number of nitrogens with one attached hydrogen (secondary N) is 2. The second-order valence-electron chi connectivity index (χ2n) is 8.40. The Bertz CT molecular complexity index is 984. The van der Waals surface area contributed by atoms with Gasteiger partial charge in [0.15, 0.2) is 0 Å². The van der Waals surface area contributed by atoms with E-state index in [-0.39, 0.29) is 17.7 Å². The van der Waals surface area contributed by atoms with Gasteiger partial charge in [-0.15, -0.1) is 0 Å². The zero-order valence-corrected chi connectivity index (χ0v) is 18.4. The fraction of sp³-hybridized carbons (Fsp3) is 0.478. The van der Waals surface area contributed by atoms with Crippen LogP contribution in [-0.2, 0) is 22.4 Å². The van der Waals surface area contributed by atoms with Crippen molar-refractivity contribution in [3.63, 3.8) is 0 Å². The lowest BCUT2D eigenvalue weighted by Gasteiger charge is -2.34. The number of carbonyl (C=O) groups excluding carboxylic acids is 2. The minimum atomic E-state index is -0.936. The van der Waals surface area contributed by atoms with E-state index < -0.39 is 17.2 Å². The summed E-state index contributed by atoms with van der Waals surface area (Å²) in [6.07, 6.45) is 4.65. The molecule has 7 heteroatoms. The minimum absolute atomic E-state index is 0.0728. The Balaban J connectivity index is 1.65. The van der Waals surface area contributed by atoms with Crippen molar-refractivity contribution in [2.45, 2.75) is 52.5 Å². The predicted octanol–water partition coefficient (Wildman–Crippen LogP) is 3.51. The SMILES string of the molecule is C[C@H](NC(=O)CSC1=C(C#N)C(C)(C)[C@H](C#N)C(=O)N1)c1ccc2c(c1)CCCC2. The van der Waals surface area contributed by atoms with E-state index in [4.69, 9.17) is 0 Å². The summed E-state index contributed by atoms with van der Waals surface area (Å²) >= 11 is 1.12. The van der Waals surface area contributed by atoms with Gasteiger partial charge in [-0.3, -0.25) is 9.59 Å². The summed E-state index contributed by atoms with van der Waals surface area (Å²) in [5, 5.41) is 24.8. The largest absolute Gasteiger partial charge is 0.349 e. The Morgan fingerprint density at radius 2 is 2.00 bits per heavy atom. The van der Waals surface area contributed by atoms with Gasteiger partial charge in [-0.05, 0) is 49.3 Å². The van der Waals surface area contributed by atoms with Crippen LogP contribution in [0.3, 0.4) is 0 Å². The number of fused-ring (bicyclic) bond motifs is 1. The smallest absolute Gasteiger partial charge is 0.243 e. The molecule has 2 atom stereocenters. The van der Waals surface area contributed by atoms with Crippen LogP contribution < -0.4 is 10.6 Å². The summed E-state index contributed by atoms with van der Waals surface area (Å²) in [7, 11) is 0. The van der Waals surface area contributed by atoms with Gasteiger partial charge in [0.2, 0.25) is 11.8 Å². The Hall–Kier alpha value is -2.77. The Kier molecular flexibility index (Phi) is 6.53. The number of benzene rings is 1. The van der Waals surface area contributed by atoms with Crippen molar-refractivity contribution in [1.82, 2.24) is 10.6 Å². The molecule has 0 fully saturated rings.